The monoisotopic (exact) mass is 175 g/mol. The minimum absolute atomic E-state index is 0.898. The number of methoxy groups -OCH3 is 1. The van der Waals surface area contributed by atoms with E-state index in [1.165, 1.54) is 16.7 Å². The van der Waals surface area contributed by atoms with Crippen LogP contribution in [0.5, 0.6) is 5.75 Å². The molecule has 0 aliphatic carbocycles. The van der Waals surface area contributed by atoms with Gasteiger partial charge in [0.25, 0.3) is 0 Å². The molecule has 0 saturated carbocycles. The summed E-state index contributed by atoms with van der Waals surface area (Å²) in [6, 6.07) is 4.11. The van der Waals surface area contributed by atoms with Crippen molar-refractivity contribution < 1.29 is 4.74 Å². The molecule has 1 aliphatic heterocycles. The van der Waals surface area contributed by atoms with E-state index >= 15 is 0 Å². The fraction of sp³-hybridized carbons (Fsp3) is 0.273. The van der Waals surface area contributed by atoms with Crippen LogP contribution in [0.3, 0.4) is 0 Å². The molecular formula is C11H13NO. The first-order valence-electron chi connectivity index (χ1n) is 4.39. The van der Waals surface area contributed by atoms with E-state index in [0.29, 0.717) is 0 Å². The topological polar surface area (TPSA) is 21.3 Å². The quantitative estimate of drug-likeness (QED) is 0.705. The van der Waals surface area contributed by atoms with Gasteiger partial charge in [0.15, 0.2) is 0 Å². The maximum absolute atomic E-state index is 5.29. The summed E-state index contributed by atoms with van der Waals surface area (Å²) in [4.78, 5) is 0. The highest BCUT2D eigenvalue weighted by Gasteiger charge is 2.11. The average Bonchev–Trinajstić information content (AvgIpc) is 2.19. The van der Waals surface area contributed by atoms with Gasteiger partial charge >= 0.3 is 0 Å². The largest absolute Gasteiger partial charge is 0.496 e. The summed E-state index contributed by atoms with van der Waals surface area (Å²) in [5, 5.41) is 3.20. The van der Waals surface area contributed by atoms with E-state index in [0.717, 1.165) is 12.3 Å². The molecule has 0 bridgehead atoms. The molecule has 0 aromatic heterocycles. The van der Waals surface area contributed by atoms with Crippen LogP contribution in [0.25, 0.3) is 6.08 Å². The van der Waals surface area contributed by atoms with Gasteiger partial charge in [0.05, 0.1) is 7.11 Å². The summed E-state index contributed by atoms with van der Waals surface area (Å²) in [5.74, 6) is 0.957. The first-order chi connectivity index (χ1) is 6.33. The number of aryl methyl sites for hydroxylation is 1. The molecule has 0 unspecified atom stereocenters. The summed E-state index contributed by atoms with van der Waals surface area (Å²) in [5.41, 5.74) is 3.86. The van der Waals surface area contributed by atoms with E-state index in [1.807, 2.05) is 12.3 Å². The van der Waals surface area contributed by atoms with Gasteiger partial charge in [-0.1, -0.05) is 6.07 Å². The van der Waals surface area contributed by atoms with Crippen LogP contribution in [0.4, 0.5) is 0 Å². The Balaban J connectivity index is 2.61. The van der Waals surface area contributed by atoms with Crippen molar-refractivity contribution in [1.82, 2.24) is 5.32 Å². The molecule has 1 aliphatic rings. The second kappa shape index (κ2) is 3.13. The standard InChI is InChI=1S/C11H13NO/c1-8-3-4-11(13-2)9-5-6-12-7-10(8)9/h3-6,12H,7H2,1-2H3. The van der Waals surface area contributed by atoms with E-state index in [1.54, 1.807) is 7.11 Å². The molecule has 68 valence electrons. The molecule has 1 aromatic rings. The third-order valence-corrected chi connectivity index (χ3v) is 2.42. The van der Waals surface area contributed by atoms with Crippen LogP contribution in [0.15, 0.2) is 18.3 Å². The summed E-state index contributed by atoms with van der Waals surface area (Å²) >= 11 is 0. The molecule has 1 heterocycles. The van der Waals surface area contributed by atoms with Crippen LogP contribution in [-0.4, -0.2) is 7.11 Å². The fourth-order valence-corrected chi connectivity index (χ4v) is 1.65. The molecule has 0 saturated heterocycles. The summed E-state index contributed by atoms with van der Waals surface area (Å²) in [6.07, 6.45) is 4.02. The molecule has 1 aromatic carbocycles. The molecule has 2 nitrogen and oxygen atoms in total. The van der Waals surface area contributed by atoms with Crippen molar-refractivity contribution in [2.24, 2.45) is 0 Å². The molecular weight excluding hydrogens is 162 g/mol. The molecule has 0 amide bonds. The van der Waals surface area contributed by atoms with E-state index in [9.17, 15) is 0 Å². The van der Waals surface area contributed by atoms with E-state index in [-0.39, 0.29) is 0 Å². The lowest BCUT2D eigenvalue weighted by molar-refractivity contribution is 0.412. The van der Waals surface area contributed by atoms with Crippen molar-refractivity contribution in [3.8, 4) is 5.75 Å². The van der Waals surface area contributed by atoms with Gasteiger partial charge in [-0.3, -0.25) is 0 Å². The van der Waals surface area contributed by atoms with Gasteiger partial charge in [0.2, 0.25) is 0 Å². The number of fused-ring (bicyclic) bond motifs is 1. The number of rotatable bonds is 1. The lowest BCUT2D eigenvalue weighted by Crippen LogP contribution is -2.12. The molecule has 0 atom stereocenters. The number of hydrogen-bond acceptors (Lipinski definition) is 2. The van der Waals surface area contributed by atoms with Crippen molar-refractivity contribution in [3.05, 3.63) is 35.0 Å². The Hall–Kier alpha value is -1.44. The number of benzene rings is 1. The van der Waals surface area contributed by atoms with Gasteiger partial charge < -0.3 is 10.1 Å². The predicted octanol–water partition coefficient (Wildman–Crippen LogP) is 2.08. The number of nitrogens with one attached hydrogen (secondary N) is 1. The Morgan fingerprint density at radius 3 is 3.00 bits per heavy atom. The average molecular weight is 175 g/mol. The first kappa shape index (κ1) is 8.17. The lowest BCUT2D eigenvalue weighted by Gasteiger charge is -2.17. The zero-order valence-corrected chi connectivity index (χ0v) is 7.92. The van der Waals surface area contributed by atoms with Crippen molar-refractivity contribution in [2.45, 2.75) is 13.5 Å². The second-order valence-electron chi connectivity index (χ2n) is 3.19. The Bertz CT molecular complexity index is 355. The van der Waals surface area contributed by atoms with Crippen LogP contribution >= 0.6 is 0 Å². The molecule has 0 radical (unpaired) electrons. The third kappa shape index (κ3) is 1.28. The third-order valence-electron chi connectivity index (χ3n) is 2.42. The SMILES string of the molecule is COc1ccc(C)c2c1C=CNC2. The van der Waals surface area contributed by atoms with E-state index in [4.69, 9.17) is 4.74 Å². The highest BCUT2D eigenvalue weighted by atomic mass is 16.5. The highest BCUT2D eigenvalue weighted by molar-refractivity contribution is 5.64. The van der Waals surface area contributed by atoms with Gasteiger partial charge in [0, 0.05) is 12.1 Å². The predicted molar refractivity (Wildman–Crippen MR) is 53.6 cm³/mol. The lowest BCUT2D eigenvalue weighted by atomic mass is 9.99. The summed E-state index contributed by atoms with van der Waals surface area (Å²) in [7, 11) is 1.71. The van der Waals surface area contributed by atoms with Gasteiger partial charge in [-0.2, -0.15) is 0 Å². The zero-order valence-electron chi connectivity index (χ0n) is 7.92. The van der Waals surface area contributed by atoms with Crippen LogP contribution in [0, 0.1) is 6.92 Å². The van der Waals surface area contributed by atoms with Gasteiger partial charge in [-0.25, -0.2) is 0 Å². The Kier molecular flexibility index (Phi) is 1.97. The summed E-state index contributed by atoms with van der Waals surface area (Å²) < 4.78 is 5.29. The number of hydrogen-bond donors (Lipinski definition) is 1. The summed E-state index contributed by atoms with van der Waals surface area (Å²) in [6.45, 7) is 3.02. The van der Waals surface area contributed by atoms with Gasteiger partial charge in [-0.15, -0.1) is 0 Å². The minimum atomic E-state index is 0.898. The highest BCUT2D eigenvalue weighted by Crippen LogP contribution is 2.28. The zero-order chi connectivity index (χ0) is 9.26. The Labute approximate surface area is 78.2 Å². The molecule has 0 fully saturated rings. The molecule has 2 rings (SSSR count). The maximum atomic E-state index is 5.29. The maximum Gasteiger partial charge on any atom is 0.126 e. The Morgan fingerprint density at radius 2 is 2.23 bits per heavy atom. The van der Waals surface area contributed by atoms with Crippen molar-refractivity contribution in [3.63, 3.8) is 0 Å². The van der Waals surface area contributed by atoms with Crippen molar-refractivity contribution >= 4 is 6.08 Å². The molecule has 13 heavy (non-hydrogen) atoms. The second-order valence-corrected chi connectivity index (χ2v) is 3.19. The Morgan fingerprint density at radius 1 is 1.38 bits per heavy atom. The first-order valence-corrected chi connectivity index (χ1v) is 4.39. The van der Waals surface area contributed by atoms with E-state index in [2.05, 4.69) is 24.4 Å². The molecule has 1 N–H and O–H groups in total. The smallest absolute Gasteiger partial charge is 0.126 e. The van der Waals surface area contributed by atoms with Crippen LogP contribution in [0.2, 0.25) is 0 Å². The van der Waals surface area contributed by atoms with Crippen molar-refractivity contribution in [1.29, 1.82) is 0 Å². The molecule has 2 heteroatoms. The van der Waals surface area contributed by atoms with Gasteiger partial charge in [0.1, 0.15) is 5.75 Å². The van der Waals surface area contributed by atoms with Crippen LogP contribution < -0.4 is 10.1 Å². The minimum Gasteiger partial charge on any atom is -0.496 e. The fourth-order valence-electron chi connectivity index (χ4n) is 1.65. The molecule has 0 spiro atoms. The number of ether oxygens (including phenoxy) is 1. The van der Waals surface area contributed by atoms with Crippen LogP contribution in [-0.2, 0) is 6.54 Å². The van der Waals surface area contributed by atoms with Crippen molar-refractivity contribution in [2.75, 3.05) is 7.11 Å². The van der Waals surface area contributed by atoms with Crippen LogP contribution in [0.1, 0.15) is 16.7 Å². The van der Waals surface area contributed by atoms with Gasteiger partial charge in [-0.05, 0) is 36.4 Å². The normalized spacial score (nSPS) is 13.4. The van der Waals surface area contributed by atoms with E-state index < -0.39 is 0 Å².